The first-order chi connectivity index (χ1) is 5.59. The molecule has 3 heteroatoms. The minimum atomic E-state index is -0.781. The third-order valence-corrected chi connectivity index (χ3v) is 2.26. The minimum Gasteiger partial charge on any atom is -0.300 e. The molecule has 0 aromatic rings. The van der Waals surface area contributed by atoms with Crippen LogP contribution >= 0.6 is 0 Å². The van der Waals surface area contributed by atoms with Crippen molar-refractivity contribution < 1.29 is 14.0 Å². The molecule has 0 N–H and O–H groups in total. The summed E-state index contributed by atoms with van der Waals surface area (Å²) in [4.78, 5) is 21.7. The Bertz CT molecular complexity index is 195. The molecule has 0 saturated heterocycles. The number of hydrogen-bond donors (Lipinski definition) is 0. The van der Waals surface area contributed by atoms with Gasteiger partial charge in [0.1, 0.15) is 17.7 Å². The molecule has 0 heterocycles. The number of rotatable bonds is 4. The predicted octanol–water partition coefficient (Wildman–Crippen LogP) is 1.67. The van der Waals surface area contributed by atoms with Crippen LogP contribution in [0.2, 0.25) is 0 Å². The highest BCUT2D eigenvalue weighted by atomic mass is 19.1. The van der Waals surface area contributed by atoms with Gasteiger partial charge in [0.25, 0.3) is 0 Å². The Morgan fingerprint density at radius 2 is 1.92 bits per heavy atom. The Kier molecular flexibility index (Phi) is 2.95. The number of alkyl halides is 1. The summed E-state index contributed by atoms with van der Waals surface area (Å²) in [5.41, 5.74) is 0. The molecule has 1 saturated carbocycles. The summed E-state index contributed by atoms with van der Waals surface area (Å²) in [5.74, 6) is -0.0158. The fraction of sp³-hybridized carbons (Fsp3) is 0.778. The van der Waals surface area contributed by atoms with Gasteiger partial charge in [0.15, 0.2) is 0 Å². The summed E-state index contributed by atoms with van der Waals surface area (Å²) >= 11 is 0. The molecule has 2 nitrogen and oxygen atoms in total. The average Bonchev–Trinajstić information content (AvgIpc) is 1.94. The lowest BCUT2D eigenvalue weighted by atomic mass is 9.79. The number of carbonyl (C=O) groups is 2. The summed E-state index contributed by atoms with van der Waals surface area (Å²) < 4.78 is 12.3. The second-order valence-corrected chi connectivity index (χ2v) is 3.43. The molecule has 1 fully saturated rings. The largest absolute Gasteiger partial charge is 0.300 e. The number of hydrogen-bond acceptors (Lipinski definition) is 2. The van der Waals surface area contributed by atoms with E-state index in [0.717, 1.165) is 0 Å². The van der Waals surface area contributed by atoms with E-state index in [1.54, 1.807) is 0 Å². The maximum Gasteiger partial charge on any atom is 0.136 e. The molecule has 1 aliphatic rings. The molecule has 0 aromatic carbocycles. The molecule has 0 spiro atoms. The first-order valence-corrected chi connectivity index (χ1v) is 4.26. The SMILES string of the molecule is CC(=O)CCC(=O)C1CC(F)C1. The lowest BCUT2D eigenvalue weighted by Crippen LogP contribution is -2.31. The van der Waals surface area contributed by atoms with Crippen molar-refractivity contribution in [2.45, 2.75) is 38.8 Å². The maximum atomic E-state index is 12.3. The summed E-state index contributed by atoms with van der Waals surface area (Å²) in [6, 6.07) is 0. The van der Waals surface area contributed by atoms with E-state index in [0.29, 0.717) is 25.7 Å². The van der Waals surface area contributed by atoms with E-state index >= 15 is 0 Å². The molecule has 1 aliphatic carbocycles. The first-order valence-electron chi connectivity index (χ1n) is 4.26. The molecule has 68 valence electrons. The quantitative estimate of drug-likeness (QED) is 0.646. The van der Waals surface area contributed by atoms with Gasteiger partial charge in [-0.1, -0.05) is 0 Å². The highest BCUT2D eigenvalue weighted by Gasteiger charge is 2.33. The molecule has 0 bridgehead atoms. The fourth-order valence-corrected chi connectivity index (χ4v) is 1.31. The van der Waals surface area contributed by atoms with Gasteiger partial charge in [0, 0.05) is 18.8 Å². The zero-order valence-corrected chi connectivity index (χ0v) is 7.18. The van der Waals surface area contributed by atoms with Crippen LogP contribution in [0.25, 0.3) is 0 Å². The first kappa shape index (κ1) is 9.36. The molecule has 12 heavy (non-hydrogen) atoms. The lowest BCUT2D eigenvalue weighted by Gasteiger charge is -2.27. The van der Waals surface area contributed by atoms with Gasteiger partial charge in [-0.3, -0.25) is 4.79 Å². The smallest absolute Gasteiger partial charge is 0.136 e. The van der Waals surface area contributed by atoms with Gasteiger partial charge in [-0.05, 0) is 19.8 Å². The third-order valence-electron chi connectivity index (χ3n) is 2.26. The Labute approximate surface area is 71.1 Å². The van der Waals surface area contributed by atoms with Crippen molar-refractivity contribution in [2.24, 2.45) is 5.92 Å². The summed E-state index contributed by atoms with van der Waals surface area (Å²) in [7, 11) is 0. The fourth-order valence-electron chi connectivity index (χ4n) is 1.31. The van der Waals surface area contributed by atoms with E-state index in [1.807, 2.05) is 0 Å². The highest BCUT2D eigenvalue weighted by molar-refractivity contribution is 5.86. The number of carbonyl (C=O) groups excluding carboxylic acids is 2. The Hall–Kier alpha value is -0.730. The average molecular weight is 172 g/mol. The van der Waals surface area contributed by atoms with Crippen LogP contribution in [0.4, 0.5) is 4.39 Å². The van der Waals surface area contributed by atoms with Crippen molar-refractivity contribution in [1.29, 1.82) is 0 Å². The molecule has 0 atom stereocenters. The van der Waals surface area contributed by atoms with Crippen LogP contribution in [0.3, 0.4) is 0 Å². The Balaban J connectivity index is 2.17. The van der Waals surface area contributed by atoms with Crippen LogP contribution in [-0.4, -0.2) is 17.7 Å². The van der Waals surface area contributed by atoms with Crippen molar-refractivity contribution in [3.63, 3.8) is 0 Å². The Morgan fingerprint density at radius 1 is 1.33 bits per heavy atom. The summed E-state index contributed by atoms with van der Waals surface area (Å²) in [5, 5.41) is 0. The van der Waals surface area contributed by atoms with Crippen molar-refractivity contribution in [1.82, 2.24) is 0 Å². The second kappa shape index (κ2) is 3.78. The number of Topliss-reactive ketones (excluding diaryl/α,β-unsaturated/α-hetero) is 2. The molecular formula is C9H13FO2. The number of halogens is 1. The summed E-state index contributed by atoms with van der Waals surface area (Å²) in [6.07, 6.45) is 0.572. The normalized spacial score (nSPS) is 27.8. The van der Waals surface area contributed by atoms with Crippen LogP contribution in [0.5, 0.6) is 0 Å². The number of ketones is 2. The molecule has 0 amide bonds. The van der Waals surface area contributed by atoms with E-state index < -0.39 is 6.17 Å². The second-order valence-electron chi connectivity index (χ2n) is 3.43. The van der Waals surface area contributed by atoms with E-state index in [4.69, 9.17) is 0 Å². The van der Waals surface area contributed by atoms with Crippen molar-refractivity contribution in [3.05, 3.63) is 0 Å². The minimum absolute atomic E-state index is 0.0273. The van der Waals surface area contributed by atoms with Crippen molar-refractivity contribution >= 4 is 11.6 Å². The van der Waals surface area contributed by atoms with Crippen LogP contribution < -0.4 is 0 Å². The van der Waals surface area contributed by atoms with E-state index in [9.17, 15) is 14.0 Å². The monoisotopic (exact) mass is 172 g/mol. The van der Waals surface area contributed by atoms with Crippen LogP contribution in [0.15, 0.2) is 0 Å². The van der Waals surface area contributed by atoms with Gasteiger partial charge >= 0.3 is 0 Å². The third kappa shape index (κ3) is 2.40. The lowest BCUT2D eigenvalue weighted by molar-refractivity contribution is -0.129. The Morgan fingerprint density at radius 3 is 2.33 bits per heavy atom. The molecule has 1 rings (SSSR count). The van der Waals surface area contributed by atoms with Gasteiger partial charge in [-0.15, -0.1) is 0 Å². The topological polar surface area (TPSA) is 34.1 Å². The van der Waals surface area contributed by atoms with Crippen LogP contribution in [0.1, 0.15) is 32.6 Å². The molecular weight excluding hydrogens is 159 g/mol. The molecule has 0 radical (unpaired) electrons. The van der Waals surface area contributed by atoms with Crippen molar-refractivity contribution in [2.75, 3.05) is 0 Å². The van der Waals surface area contributed by atoms with Gasteiger partial charge in [0.2, 0.25) is 0 Å². The summed E-state index contributed by atoms with van der Waals surface area (Å²) in [6.45, 7) is 1.46. The van der Waals surface area contributed by atoms with Crippen molar-refractivity contribution in [3.8, 4) is 0 Å². The highest BCUT2D eigenvalue weighted by Crippen LogP contribution is 2.31. The maximum absolute atomic E-state index is 12.3. The van der Waals surface area contributed by atoms with Crippen LogP contribution in [0, 0.1) is 5.92 Å². The molecule has 0 aromatic heterocycles. The molecule has 0 aliphatic heterocycles. The molecule has 0 unspecified atom stereocenters. The van der Waals surface area contributed by atoms with E-state index in [-0.39, 0.29) is 17.5 Å². The van der Waals surface area contributed by atoms with E-state index in [2.05, 4.69) is 0 Å². The van der Waals surface area contributed by atoms with Gasteiger partial charge in [0.05, 0.1) is 0 Å². The van der Waals surface area contributed by atoms with E-state index in [1.165, 1.54) is 6.92 Å². The predicted molar refractivity (Wildman–Crippen MR) is 42.5 cm³/mol. The van der Waals surface area contributed by atoms with Gasteiger partial charge < -0.3 is 4.79 Å². The van der Waals surface area contributed by atoms with Gasteiger partial charge in [-0.25, -0.2) is 4.39 Å². The zero-order valence-electron chi connectivity index (χ0n) is 7.18. The zero-order chi connectivity index (χ0) is 9.14. The standard InChI is InChI=1S/C9H13FO2/c1-6(11)2-3-9(12)7-4-8(10)5-7/h7-8H,2-5H2,1H3. The van der Waals surface area contributed by atoms with Crippen LogP contribution in [-0.2, 0) is 9.59 Å². The van der Waals surface area contributed by atoms with Gasteiger partial charge in [-0.2, -0.15) is 0 Å².